The molecule has 70 valence electrons. The van der Waals surface area contributed by atoms with Gasteiger partial charge in [0, 0.05) is 12.7 Å². The van der Waals surface area contributed by atoms with Crippen molar-refractivity contribution < 1.29 is 0 Å². The summed E-state index contributed by atoms with van der Waals surface area (Å²) in [6, 6.07) is 10.2. The standard InChI is InChI=1S/C9H11N3.HI/c1-11-8-12(7-10-11)9-5-3-2-4-6-9;/h2-7H,8H2,1H3;1H. The van der Waals surface area contributed by atoms with E-state index in [1.165, 1.54) is 5.69 Å². The van der Waals surface area contributed by atoms with Crippen molar-refractivity contribution >= 4 is 36.0 Å². The van der Waals surface area contributed by atoms with E-state index in [4.69, 9.17) is 0 Å². The van der Waals surface area contributed by atoms with E-state index in [0.717, 1.165) is 6.67 Å². The Balaban J connectivity index is 0.000000845. The summed E-state index contributed by atoms with van der Waals surface area (Å²) in [4.78, 5) is 2.10. The number of halogens is 1. The van der Waals surface area contributed by atoms with Crippen molar-refractivity contribution in [2.75, 3.05) is 18.6 Å². The Morgan fingerprint density at radius 2 is 1.92 bits per heavy atom. The molecule has 0 saturated heterocycles. The molecule has 0 bridgehead atoms. The van der Waals surface area contributed by atoms with Gasteiger partial charge in [0.05, 0.1) is 0 Å². The van der Waals surface area contributed by atoms with Gasteiger partial charge in [-0.05, 0) is 12.1 Å². The number of hydrazone groups is 1. The highest BCUT2D eigenvalue weighted by Gasteiger charge is 2.10. The predicted molar refractivity (Wildman–Crippen MR) is 65.5 cm³/mol. The molecule has 0 saturated carbocycles. The van der Waals surface area contributed by atoms with Crippen LogP contribution in [0.25, 0.3) is 0 Å². The fourth-order valence-electron chi connectivity index (χ4n) is 1.21. The molecule has 1 aliphatic heterocycles. The van der Waals surface area contributed by atoms with Gasteiger partial charge in [-0.3, -0.25) is 5.01 Å². The van der Waals surface area contributed by atoms with Crippen LogP contribution in [0.5, 0.6) is 0 Å². The van der Waals surface area contributed by atoms with Gasteiger partial charge < -0.3 is 4.90 Å². The largest absolute Gasteiger partial charge is 0.311 e. The number of hydrogen-bond donors (Lipinski definition) is 0. The fourth-order valence-corrected chi connectivity index (χ4v) is 1.21. The third-order valence-corrected chi connectivity index (χ3v) is 1.83. The Morgan fingerprint density at radius 3 is 2.46 bits per heavy atom. The third-order valence-electron chi connectivity index (χ3n) is 1.83. The molecule has 4 heteroatoms. The molecule has 0 atom stereocenters. The first kappa shape index (κ1) is 10.3. The van der Waals surface area contributed by atoms with Crippen LogP contribution in [0.2, 0.25) is 0 Å². The maximum Gasteiger partial charge on any atom is 0.117 e. The van der Waals surface area contributed by atoms with Gasteiger partial charge in [-0.1, -0.05) is 18.2 Å². The lowest BCUT2D eigenvalue weighted by Gasteiger charge is -2.15. The number of nitrogens with zero attached hydrogens (tertiary/aromatic N) is 3. The molecule has 1 aliphatic rings. The number of hydrogen-bond acceptors (Lipinski definition) is 3. The van der Waals surface area contributed by atoms with Crippen LogP contribution in [0.4, 0.5) is 5.69 Å². The van der Waals surface area contributed by atoms with Crippen LogP contribution in [0.15, 0.2) is 35.4 Å². The van der Waals surface area contributed by atoms with Gasteiger partial charge in [-0.25, -0.2) is 0 Å². The van der Waals surface area contributed by atoms with E-state index < -0.39 is 0 Å². The molecule has 0 aromatic heterocycles. The molecule has 0 unspecified atom stereocenters. The number of benzene rings is 1. The van der Waals surface area contributed by atoms with Gasteiger partial charge in [0.2, 0.25) is 0 Å². The van der Waals surface area contributed by atoms with Gasteiger partial charge in [-0.2, -0.15) is 5.10 Å². The maximum absolute atomic E-state index is 4.13. The van der Waals surface area contributed by atoms with Gasteiger partial charge in [0.25, 0.3) is 0 Å². The van der Waals surface area contributed by atoms with Gasteiger partial charge >= 0.3 is 0 Å². The first-order valence-electron chi connectivity index (χ1n) is 3.93. The van der Waals surface area contributed by atoms with Crippen LogP contribution in [-0.2, 0) is 0 Å². The molecule has 0 N–H and O–H groups in total. The lowest BCUT2D eigenvalue weighted by Crippen LogP contribution is -2.23. The second-order valence-corrected chi connectivity index (χ2v) is 2.84. The monoisotopic (exact) mass is 289 g/mol. The zero-order chi connectivity index (χ0) is 8.39. The summed E-state index contributed by atoms with van der Waals surface area (Å²) in [5, 5.41) is 6.02. The number of anilines is 1. The number of para-hydroxylation sites is 1. The quantitative estimate of drug-likeness (QED) is 0.736. The summed E-state index contributed by atoms with van der Waals surface area (Å²) < 4.78 is 0. The molecule has 0 spiro atoms. The molecular weight excluding hydrogens is 277 g/mol. The van der Waals surface area contributed by atoms with Crippen LogP contribution in [0.3, 0.4) is 0 Å². The normalized spacial score (nSPS) is 14.5. The average molecular weight is 289 g/mol. The minimum Gasteiger partial charge on any atom is -0.311 e. The van der Waals surface area contributed by atoms with E-state index in [1.54, 1.807) is 0 Å². The Morgan fingerprint density at radius 1 is 1.23 bits per heavy atom. The second-order valence-electron chi connectivity index (χ2n) is 2.84. The summed E-state index contributed by atoms with van der Waals surface area (Å²) >= 11 is 0. The second kappa shape index (κ2) is 4.45. The van der Waals surface area contributed by atoms with Gasteiger partial charge in [-0.15, -0.1) is 24.0 Å². The van der Waals surface area contributed by atoms with E-state index in [9.17, 15) is 0 Å². The maximum atomic E-state index is 4.13. The smallest absolute Gasteiger partial charge is 0.117 e. The highest BCUT2D eigenvalue weighted by Crippen LogP contribution is 2.14. The molecular formula is C9H12IN3. The minimum absolute atomic E-state index is 0. The van der Waals surface area contributed by atoms with Crippen LogP contribution in [0, 0.1) is 0 Å². The lowest BCUT2D eigenvalue weighted by molar-refractivity contribution is 0.393. The van der Waals surface area contributed by atoms with Crippen molar-refractivity contribution in [1.82, 2.24) is 5.01 Å². The molecule has 2 rings (SSSR count). The van der Waals surface area contributed by atoms with Crippen molar-refractivity contribution in [2.24, 2.45) is 5.10 Å². The number of rotatable bonds is 1. The molecule has 0 radical (unpaired) electrons. The van der Waals surface area contributed by atoms with Gasteiger partial charge in [0.15, 0.2) is 0 Å². The summed E-state index contributed by atoms with van der Waals surface area (Å²) in [7, 11) is 1.96. The fraction of sp³-hybridized carbons (Fsp3) is 0.222. The Bertz CT molecular complexity index is 286. The van der Waals surface area contributed by atoms with E-state index in [0.29, 0.717) is 0 Å². The molecule has 1 aromatic carbocycles. The lowest BCUT2D eigenvalue weighted by atomic mass is 10.3. The first-order chi connectivity index (χ1) is 5.86. The Labute approximate surface area is 95.0 Å². The van der Waals surface area contributed by atoms with Crippen LogP contribution in [-0.4, -0.2) is 25.1 Å². The van der Waals surface area contributed by atoms with Crippen LogP contribution < -0.4 is 4.90 Å². The Hall–Kier alpha value is -0.780. The molecule has 0 aliphatic carbocycles. The Kier molecular flexibility index (Phi) is 3.53. The van der Waals surface area contributed by atoms with Crippen molar-refractivity contribution in [2.45, 2.75) is 0 Å². The summed E-state index contributed by atoms with van der Waals surface area (Å²) in [6.07, 6.45) is 1.84. The molecule has 0 amide bonds. The average Bonchev–Trinajstić information content (AvgIpc) is 2.54. The van der Waals surface area contributed by atoms with Gasteiger partial charge in [0.1, 0.15) is 13.0 Å². The van der Waals surface area contributed by atoms with Crippen molar-refractivity contribution in [1.29, 1.82) is 0 Å². The van der Waals surface area contributed by atoms with E-state index in [1.807, 2.05) is 36.6 Å². The third kappa shape index (κ3) is 2.33. The van der Waals surface area contributed by atoms with Crippen molar-refractivity contribution in [3.8, 4) is 0 Å². The molecule has 13 heavy (non-hydrogen) atoms. The molecule has 3 nitrogen and oxygen atoms in total. The van der Waals surface area contributed by atoms with Crippen LogP contribution >= 0.6 is 24.0 Å². The summed E-state index contributed by atoms with van der Waals surface area (Å²) in [5.41, 5.74) is 1.19. The SMILES string of the molecule is CN1CN(c2ccccc2)C=N1.I. The predicted octanol–water partition coefficient (Wildman–Crippen LogP) is 1.96. The first-order valence-corrected chi connectivity index (χ1v) is 3.93. The van der Waals surface area contributed by atoms with Crippen molar-refractivity contribution in [3.05, 3.63) is 30.3 Å². The van der Waals surface area contributed by atoms with E-state index >= 15 is 0 Å². The molecule has 1 aromatic rings. The highest BCUT2D eigenvalue weighted by molar-refractivity contribution is 14.0. The summed E-state index contributed by atoms with van der Waals surface area (Å²) in [6.45, 7) is 0.837. The van der Waals surface area contributed by atoms with Crippen LogP contribution in [0.1, 0.15) is 0 Å². The van der Waals surface area contributed by atoms with E-state index in [2.05, 4.69) is 22.1 Å². The zero-order valence-electron chi connectivity index (χ0n) is 7.42. The van der Waals surface area contributed by atoms with Crippen molar-refractivity contribution in [3.63, 3.8) is 0 Å². The summed E-state index contributed by atoms with van der Waals surface area (Å²) in [5.74, 6) is 0. The highest BCUT2D eigenvalue weighted by atomic mass is 127. The molecule has 1 heterocycles. The minimum atomic E-state index is 0. The zero-order valence-corrected chi connectivity index (χ0v) is 9.75. The topological polar surface area (TPSA) is 18.8 Å². The molecule has 0 fully saturated rings. The van der Waals surface area contributed by atoms with E-state index in [-0.39, 0.29) is 24.0 Å².